The van der Waals surface area contributed by atoms with Crippen LogP contribution in [0, 0.1) is 0 Å². The van der Waals surface area contributed by atoms with Crippen LogP contribution < -0.4 is 10.9 Å². The number of benzene rings is 2. The summed E-state index contributed by atoms with van der Waals surface area (Å²) >= 11 is 0. The summed E-state index contributed by atoms with van der Waals surface area (Å²) in [5, 5.41) is 5.94. The van der Waals surface area contributed by atoms with Gasteiger partial charge >= 0.3 is 0 Å². The van der Waals surface area contributed by atoms with E-state index in [1.165, 1.54) is 21.9 Å². The number of aromatic nitrogens is 2. The van der Waals surface area contributed by atoms with Gasteiger partial charge in [-0.3, -0.25) is 14.7 Å². The first-order valence-corrected chi connectivity index (χ1v) is 8.46. The lowest BCUT2D eigenvalue weighted by molar-refractivity contribution is 0.0928. The monoisotopic (exact) mass is 333 g/mol. The predicted octanol–water partition coefficient (Wildman–Crippen LogP) is 2.45. The van der Waals surface area contributed by atoms with Crippen LogP contribution in [0.3, 0.4) is 0 Å². The number of hydrogen-bond donors (Lipinski definition) is 2. The maximum absolute atomic E-state index is 12.5. The number of rotatable bonds is 3. The molecule has 2 aromatic carbocycles. The molecule has 0 unspecified atom stereocenters. The van der Waals surface area contributed by atoms with Gasteiger partial charge in [-0.1, -0.05) is 42.5 Å². The molecule has 25 heavy (non-hydrogen) atoms. The van der Waals surface area contributed by atoms with Crippen molar-refractivity contribution in [1.29, 1.82) is 0 Å². The van der Waals surface area contributed by atoms with Gasteiger partial charge in [-0.15, -0.1) is 0 Å². The minimum atomic E-state index is -0.245. The minimum absolute atomic E-state index is 0.0889. The first-order chi connectivity index (χ1) is 12.2. The molecule has 0 radical (unpaired) electrons. The molecular weight excluding hydrogens is 314 g/mol. The third-order valence-electron chi connectivity index (χ3n) is 4.66. The zero-order valence-corrected chi connectivity index (χ0v) is 13.7. The second kappa shape index (κ2) is 6.43. The highest BCUT2D eigenvalue weighted by atomic mass is 16.2. The number of nitrogens with zero attached hydrogens (tertiary/aromatic N) is 1. The van der Waals surface area contributed by atoms with Crippen LogP contribution in [-0.2, 0) is 12.8 Å². The summed E-state index contributed by atoms with van der Waals surface area (Å²) in [6.07, 6.45) is 2.70. The number of carbonyl (C=O) groups is 1. The van der Waals surface area contributed by atoms with Crippen molar-refractivity contribution < 1.29 is 4.79 Å². The Morgan fingerprint density at radius 1 is 1.04 bits per heavy atom. The zero-order valence-electron chi connectivity index (χ0n) is 13.7. The molecule has 5 heteroatoms. The van der Waals surface area contributed by atoms with E-state index in [1.54, 1.807) is 0 Å². The van der Waals surface area contributed by atoms with E-state index in [-0.39, 0.29) is 23.2 Å². The van der Waals surface area contributed by atoms with E-state index in [0.717, 1.165) is 19.3 Å². The summed E-state index contributed by atoms with van der Waals surface area (Å²) < 4.78 is 1.38. The Balaban J connectivity index is 1.50. The number of amides is 1. The lowest BCUT2D eigenvalue weighted by Gasteiger charge is -2.25. The first-order valence-electron chi connectivity index (χ1n) is 8.46. The van der Waals surface area contributed by atoms with Crippen molar-refractivity contribution in [1.82, 2.24) is 15.1 Å². The van der Waals surface area contributed by atoms with Crippen molar-refractivity contribution >= 4 is 5.91 Å². The Hall–Kier alpha value is -3.08. The molecule has 1 aliphatic carbocycles. The summed E-state index contributed by atoms with van der Waals surface area (Å²) in [5.41, 5.74) is 3.39. The summed E-state index contributed by atoms with van der Waals surface area (Å²) in [6, 6.07) is 19.0. The number of H-pyrrole nitrogens is 1. The van der Waals surface area contributed by atoms with Gasteiger partial charge in [0.2, 0.25) is 0 Å². The molecule has 0 fully saturated rings. The molecule has 1 heterocycles. The molecule has 1 amide bonds. The third kappa shape index (κ3) is 3.13. The van der Waals surface area contributed by atoms with E-state index in [1.807, 2.05) is 36.4 Å². The number of para-hydroxylation sites is 1. The summed E-state index contributed by atoms with van der Waals surface area (Å²) in [6.45, 7) is 0. The van der Waals surface area contributed by atoms with Gasteiger partial charge in [-0.05, 0) is 42.5 Å². The number of aromatic amines is 1. The molecule has 0 aliphatic heterocycles. The van der Waals surface area contributed by atoms with Gasteiger partial charge in [0.15, 0.2) is 0 Å². The molecule has 3 aromatic rings. The van der Waals surface area contributed by atoms with Crippen molar-refractivity contribution in [3.05, 3.63) is 87.8 Å². The van der Waals surface area contributed by atoms with Crippen LogP contribution >= 0.6 is 0 Å². The van der Waals surface area contributed by atoms with E-state index in [9.17, 15) is 9.59 Å². The highest BCUT2D eigenvalue weighted by molar-refractivity contribution is 5.92. The molecule has 1 atom stereocenters. The standard InChI is InChI=1S/C20H19N3O2/c24-19-13-18(22-23(19)17-8-2-1-3-9-17)20(25)21-16-11-10-14-6-4-5-7-15(14)12-16/h1-9,13,16,22H,10-12H2,(H,21,25)/t16-/m0/s1. The zero-order chi connectivity index (χ0) is 17.2. The topological polar surface area (TPSA) is 66.9 Å². The van der Waals surface area contributed by atoms with Crippen LogP contribution in [0.4, 0.5) is 0 Å². The maximum atomic E-state index is 12.5. The third-order valence-corrected chi connectivity index (χ3v) is 4.66. The number of nitrogens with one attached hydrogen (secondary N) is 2. The first kappa shape index (κ1) is 15.4. The van der Waals surface area contributed by atoms with Crippen LogP contribution in [0.2, 0.25) is 0 Å². The van der Waals surface area contributed by atoms with Gasteiger partial charge < -0.3 is 5.32 Å². The Morgan fingerprint density at radius 2 is 1.76 bits per heavy atom. The molecule has 1 aliphatic rings. The molecule has 2 N–H and O–H groups in total. The van der Waals surface area contributed by atoms with Crippen molar-refractivity contribution in [2.75, 3.05) is 0 Å². The lowest BCUT2D eigenvalue weighted by Crippen LogP contribution is -2.39. The van der Waals surface area contributed by atoms with Crippen molar-refractivity contribution in [3.8, 4) is 5.69 Å². The fourth-order valence-corrected chi connectivity index (χ4v) is 3.37. The quantitative estimate of drug-likeness (QED) is 0.773. The highest BCUT2D eigenvalue weighted by Gasteiger charge is 2.21. The predicted molar refractivity (Wildman–Crippen MR) is 96.1 cm³/mol. The molecule has 126 valence electrons. The molecular formula is C20H19N3O2. The van der Waals surface area contributed by atoms with Gasteiger partial charge in [0.1, 0.15) is 5.69 Å². The van der Waals surface area contributed by atoms with Crippen LogP contribution in [0.15, 0.2) is 65.5 Å². The van der Waals surface area contributed by atoms with Gasteiger partial charge in [-0.2, -0.15) is 0 Å². The normalized spacial score (nSPS) is 16.2. The average Bonchev–Trinajstić information content (AvgIpc) is 3.04. The maximum Gasteiger partial charge on any atom is 0.271 e. The van der Waals surface area contributed by atoms with Gasteiger partial charge in [0.05, 0.1) is 5.69 Å². The molecule has 1 aromatic heterocycles. The molecule has 0 spiro atoms. The number of aryl methyl sites for hydroxylation is 1. The van der Waals surface area contributed by atoms with E-state index in [4.69, 9.17) is 0 Å². The van der Waals surface area contributed by atoms with Crippen LogP contribution in [0.25, 0.3) is 5.69 Å². The number of hydrogen-bond acceptors (Lipinski definition) is 2. The van der Waals surface area contributed by atoms with Crippen LogP contribution in [0.1, 0.15) is 28.0 Å². The fraction of sp³-hybridized carbons (Fsp3) is 0.200. The van der Waals surface area contributed by atoms with E-state index in [0.29, 0.717) is 5.69 Å². The number of carbonyl (C=O) groups excluding carboxylic acids is 1. The molecule has 0 saturated carbocycles. The molecule has 4 rings (SSSR count). The van der Waals surface area contributed by atoms with E-state index >= 15 is 0 Å². The SMILES string of the molecule is O=C(N[C@H]1CCc2ccccc2C1)c1cc(=O)n(-c2ccccc2)[nH]1. The van der Waals surface area contributed by atoms with Gasteiger partial charge in [0.25, 0.3) is 11.5 Å². The molecule has 0 bridgehead atoms. The largest absolute Gasteiger partial charge is 0.348 e. The van der Waals surface area contributed by atoms with Crippen molar-refractivity contribution in [3.63, 3.8) is 0 Å². The Kier molecular flexibility index (Phi) is 3.98. The minimum Gasteiger partial charge on any atom is -0.348 e. The van der Waals surface area contributed by atoms with Gasteiger partial charge in [-0.25, -0.2) is 4.68 Å². The van der Waals surface area contributed by atoms with E-state index in [2.05, 4.69) is 28.6 Å². The van der Waals surface area contributed by atoms with Crippen LogP contribution in [-0.4, -0.2) is 21.7 Å². The summed E-state index contributed by atoms with van der Waals surface area (Å²) in [7, 11) is 0. The Morgan fingerprint density at radius 3 is 2.56 bits per heavy atom. The molecule has 5 nitrogen and oxygen atoms in total. The van der Waals surface area contributed by atoms with Gasteiger partial charge in [0, 0.05) is 12.1 Å². The Bertz CT molecular complexity index is 956. The second-order valence-electron chi connectivity index (χ2n) is 6.36. The summed E-state index contributed by atoms with van der Waals surface area (Å²) in [5.74, 6) is -0.240. The summed E-state index contributed by atoms with van der Waals surface area (Å²) in [4.78, 5) is 24.7. The lowest BCUT2D eigenvalue weighted by atomic mass is 9.88. The van der Waals surface area contributed by atoms with Crippen molar-refractivity contribution in [2.45, 2.75) is 25.3 Å². The second-order valence-corrected chi connectivity index (χ2v) is 6.36. The highest BCUT2D eigenvalue weighted by Crippen LogP contribution is 2.21. The molecule has 0 saturated heterocycles. The fourth-order valence-electron chi connectivity index (χ4n) is 3.37. The average molecular weight is 333 g/mol. The number of fused-ring (bicyclic) bond motifs is 1. The van der Waals surface area contributed by atoms with Crippen molar-refractivity contribution in [2.24, 2.45) is 0 Å². The Labute approximate surface area is 145 Å². The smallest absolute Gasteiger partial charge is 0.271 e. The van der Waals surface area contributed by atoms with Crippen LogP contribution in [0.5, 0.6) is 0 Å². The van der Waals surface area contributed by atoms with E-state index < -0.39 is 0 Å².